The minimum atomic E-state index is 0.651. The summed E-state index contributed by atoms with van der Waals surface area (Å²) in [6, 6.07) is 0.741. The molecule has 0 aromatic heterocycles. The fourth-order valence-corrected chi connectivity index (χ4v) is 1.89. The van der Waals surface area contributed by atoms with Gasteiger partial charge in [0, 0.05) is 6.04 Å². The largest absolute Gasteiger partial charge is 0.313 e. The van der Waals surface area contributed by atoms with Crippen molar-refractivity contribution in [2.45, 2.75) is 46.1 Å². The van der Waals surface area contributed by atoms with Crippen LogP contribution in [0.25, 0.3) is 0 Å². The molecule has 0 aromatic carbocycles. The van der Waals surface area contributed by atoms with Gasteiger partial charge in [0.15, 0.2) is 0 Å². The molecule has 2 aliphatic rings. The molecule has 0 heterocycles. The predicted octanol–water partition coefficient (Wildman–Crippen LogP) is 2.42. The fourth-order valence-electron chi connectivity index (χ4n) is 1.89. The first-order chi connectivity index (χ1) is 5.62. The molecule has 70 valence electrons. The molecule has 2 saturated carbocycles. The molecule has 0 aliphatic heterocycles. The van der Waals surface area contributed by atoms with E-state index in [1.54, 1.807) is 0 Å². The van der Waals surface area contributed by atoms with Gasteiger partial charge in [-0.1, -0.05) is 13.8 Å². The highest BCUT2D eigenvalue weighted by Gasteiger charge is 2.43. The minimum Gasteiger partial charge on any atom is -0.313 e. The van der Waals surface area contributed by atoms with Crippen LogP contribution in [0.5, 0.6) is 0 Å². The van der Waals surface area contributed by atoms with E-state index in [0.717, 1.165) is 17.9 Å². The van der Waals surface area contributed by atoms with Crippen LogP contribution in [0.1, 0.15) is 40.0 Å². The highest BCUT2D eigenvalue weighted by Crippen LogP contribution is 2.48. The Morgan fingerprint density at radius 1 is 1.50 bits per heavy atom. The zero-order valence-corrected chi connectivity index (χ0v) is 8.56. The molecule has 2 fully saturated rings. The van der Waals surface area contributed by atoms with Crippen LogP contribution in [0.4, 0.5) is 0 Å². The van der Waals surface area contributed by atoms with Crippen LogP contribution in [-0.2, 0) is 0 Å². The summed E-state index contributed by atoms with van der Waals surface area (Å²) in [5.74, 6) is 1.99. The molecule has 0 radical (unpaired) electrons. The lowest BCUT2D eigenvalue weighted by Crippen LogP contribution is -2.34. The zero-order chi connectivity index (χ0) is 8.77. The first-order valence-electron chi connectivity index (χ1n) is 5.35. The third-order valence-corrected chi connectivity index (χ3v) is 4.05. The van der Waals surface area contributed by atoms with Crippen molar-refractivity contribution in [2.24, 2.45) is 17.3 Å². The van der Waals surface area contributed by atoms with Gasteiger partial charge in [0.2, 0.25) is 0 Å². The van der Waals surface area contributed by atoms with Crippen molar-refractivity contribution in [1.82, 2.24) is 5.32 Å². The molecule has 2 rings (SSSR count). The van der Waals surface area contributed by atoms with Gasteiger partial charge < -0.3 is 5.32 Å². The average molecular weight is 167 g/mol. The molecular weight excluding hydrogens is 146 g/mol. The highest BCUT2D eigenvalue weighted by atomic mass is 14.9. The summed E-state index contributed by atoms with van der Waals surface area (Å²) in [5.41, 5.74) is 0.651. The van der Waals surface area contributed by atoms with Gasteiger partial charge in [0.1, 0.15) is 0 Å². The summed E-state index contributed by atoms with van der Waals surface area (Å²) in [4.78, 5) is 0. The van der Waals surface area contributed by atoms with Crippen molar-refractivity contribution in [2.75, 3.05) is 6.54 Å². The Morgan fingerprint density at radius 3 is 2.50 bits per heavy atom. The molecule has 1 N–H and O–H groups in total. The number of nitrogens with one attached hydrogen (secondary N) is 1. The maximum atomic E-state index is 3.68. The van der Waals surface area contributed by atoms with Gasteiger partial charge in [0.05, 0.1) is 0 Å². The fraction of sp³-hybridized carbons (Fsp3) is 1.00. The first kappa shape index (κ1) is 8.55. The lowest BCUT2D eigenvalue weighted by Gasteiger charge is -2.20. The normalized spacial score (nSPS) is 39.2. The zero-order valence-electron chi connectivity index (χ0n) is 8.56. The van der Waals surface area contributed by atoms with Crippen LogP contribution in [0.15, 0.2) is 0 Å². The summed E-state index contributed by atoms with van der Waals surface area (Å²) in [6.07, 6.45) is 4.32. The average Bonchev–Trinajstić information content (AvgIpc) is 2.88. The van der Waals surface area contributed by atoms with E-state index >= 15 is 0 Å². The standard InChI is InChI=1S/C11H21N/c1-8-6-10(8)7-12-9(2)11(3)4-5-11/h8-10,12H,4-7H2,1-3H3. The second-order valence-corrected chi connectivity index (χ2v) is 5.26. The molecule has 0 amide bonds. The minimum absolute atomic E-state index is 0.651. The lowest BCUT2D eigenvalue weighted by atomic mass is 10.0. The molecule has 1 nitrogen and oxygen atoms in total. The number of hydrogen-bond donors (Lipinski definition) is 1. The predicted molar refractivity (Wildman–Crippen MR) is 52.1 cm³/mol. The number of rotatable bonds is 4. The summed E-state index contributed by atoms with van der Waals surface area (Å²) < 4.78 is 0. The highest BCUT2D eigenvalue weighted by molar-refractivity contribution is 4.97. The SMILES string of the molecule is CC1CC1CNC(C)C1(C)CC1. The maximum Gasteiger partial charge on any atom is 0.00926 e. The van der Waals surface area contributed by atoms with Gasteiger partial charge >= 0.3 is 0 Å². The molecule has 2 aliphatic carbocycles. The van der Waals surface area contributed by atoms with Crippen LogP contribution in [0, 0.1) is 17.3 Å². The quantitative estimate of drug-likeness (QED) is 0.678. The van der Waals surface area contributed by atoms with E-state index in [9.17, 15) is 0 Å². The summed E-state index contributed by atoms with van der Waals surface area (Å²) in [5, 5.41) is 3.68. The summed E-state index contributed by atoms with van der Waals surface area (Å²) in [7, 11) is 0. The Labute approximate surface area is 75.9 Å². The van der Waals surface area contributed by atoms with Crippen molar-refractivity contribution in [3.05, 3.63) is 0 Å². The smallest absolute Gasteiger partial charge is 0.00926 e. The van der Waals surface area contributed by atoms with Crippen molar-refractivity contribution >= 4 is 0 Å². The molecule has 0 saturated heterocycles. The van der Waals surface area contributed by atoms with Gasteiger partial charge in [-0.2, -0.15) is 0 Å². The second-order valence-electron chi connectivity index (χ2n) is 5.26. The van der Waals surface area contributed by atoms with Gasteiger partial charge in [0.25, 0.3) is 0 Å². The topological polar surface area (TPSA) is 12.0 Å². The lowest BCUT2D eigenvalue weighted by molar-refractivity contribution is 0.373. The van der Waals surface area contributed by atoms with E-state index in [-0.39, 0.29) is 0 Å². The first-order valence-corrected chi connectivity index (χ1v) is 5.35. The van der Waals surface area contributed by atoms with Crippen molar-refractivity contribution in [3.8, 4) is 0 Å². The van der Waals surface area contributed by atoms with E-state index in [2.05, 4.69) is 26.1 Å². The van der Waals surface area contributed by atoms with Crippen LogP contribution >= 0.6 is 0 Å². The van der Waals surface area contributed by atoms with Crippen LogP contribution in [0.2, 0.25) is 0 Å². The maximum absolute atomic E-state index is 3.68. The van der Waals surface area contributed by atoms with Crippen molar-refractivity contribution in [3.63, 3.8) is 0 Å². The van der Waals surface area contributed by atoms with Crippen molar-refractivity contribution in [1.29, 1.82) is 0 Å². The van der Waals surface area contributed by atoms with E-state index in [0.29, 0.717) is 5.41 Å². The van der Waals surface area contributed by atoms with E-state index in [4.69, 9.17) is 0 Å². The van der Waals surface area contributed by atoms with Gasteiger partial charge in [-0.25, -0.2) is 0 Å². The third-order valence-electron chi connectivity index (χ3n) is 4.05. The van der Waals surface area contributed by atoms with Gasteiger partial charge in [-0.15, -0.1) is 0 Å². The van der Waals surface area contributed by atoms with Gasteiger partial charge in [-0.3, -0.25) is 0 Å². The molecule has 3 atom stereocenters. The van der Waals surface area contributed by atoms with E-state index < -0.39 is 0 Å². The number of hydrogen-bond acceptors (Lipinski definition) is 1. The van der Waals surface area contributed by atoms with Crippen LogP contribution < -0.4 is 5.32 Å². The molecule has 1 heteroatoms. The Morgan fingerprint density at radius 2 is 2.08 bits per heavy atom. The van der Waals surface area contributed by atoms with E-state index in [1.807, 2.05) is 0 Å². The Balaban J connectivity index is 1.66. The summed E-state index contributed by atoms with van der Waals surface area (Å²) >= 11 is 0. The molecule has 0 spiro atoms. The Bertz CT molecular complexity index is 172. The van der Waals surface area contributed by atoms with Crippen LogP contribution in [-0.4, -0.2) is 12.6 Å². The van der Waals surface area contributed by atoms with E-state index in [1.165, 1.54) is 25.8 Å². The molecule has 3 unspecified atom stereocenters. The third kappa shape index (κ3) is 1.66. The second kappa shape index (κ2) is 2.73. The molecular formula is C11H21N. The van der Waals surface area contributed by atoms with Crippen molar-refractivity contribution < 1.29 is 0 Å². The summed E-state index contributed by atoms with van der Waals surface area (Å²) in [6.45, 7) is 8.37. The van der Waals surface area contributed by atoms with Crippen LogP contribution in [0.3, 0.4) is 0 Å². The Kier molecular flexibility index (Phi) is 1.95. The molecule has 0 aromatic rings. The van der Waals surface area contributed by atoms with Gasteiger partial charge in [-0.05, 0) is 50.0 Å². The molecule has 12 heavy (non-hydrogen) atoms. The monoisotopic (exact) mass is 167 g/mol. The molecule has 0 bridgehead atoms. The Hall–Kier alpha value is -0.0400.